The fraction of sp³-hybridized carbons (Fsp3) is 0.222. The molecule has 0 bridgehead atoms. The predicted octanol–water partition coefficient (Wildman–Crippen LogP) is 1.45. The molecule has 0 saturated heterocycles. The van der Waals surface area contributed by atoms with Crippen LogP contribution in [-0.2, 0) is 13.5 Å². The van der Waals surface area contributed by atoms with E-state index in [0.717, 1.165) is 17.8 Å². The SMILES string of the molecule is Cn1ncnc1Cc1ccc(Cl)nc1. The van der Waals surface area contributed by atoms with E-state index in [1.807, 2.05) is 13.1 Å². The van der Waals surface area contributed by atoms with Crippen molar-refractivity contribution < 1.29 is 0 Å². The molecule has 14 heavy (non-hydrogen) atoms. The second-order valence-corrected chi connectivity index (χ2v) is 3.35. The zero-order valence-corrected chi connectivity index (χ0v) is 8.44. The fourth-order valence-electron chi connectivity index (χ4n) is 1.17. The summed E-state index contributed by atoms with van der Waals surface area (Å²) in [6.45, 7) is 0. The van der Waals surface area contributed by atoms with Crippen molar-refractivity contribution in [3.8, 4) is 0 Å². The van der Waals surface area contributed by atoms with E-state index in [0.29, 0.717) is 5.15 Å². The van der Waals surface area contributed by atoms with E-state index in [1.54, 1.807) is 23.3 Å². The molecule has 2 aromatic heterocycles. The first-order valence-electron chi connectivity index (χ1n) is 4.19. The number of nitrogens with zero attached hydrogens (tertiary/aromatic N) is 4. The van der Waals surface area contributed by atoms with E-state index < -0.39 is 0 Å². The molecule has 2 aromatic rings. The molecule has 0 saturated carbocycles. The van der Waals surface area contributed by atoms with Crippen LogP contribution in [0.25, 0.3) is 0 Å². The summed E-state index contributed by atoms with van der Waals surface area (Å²) >= 11 is 5.68. The van der Waals surface area contributed by atoms with Gasteiger partial charge in [-0.05, 0) is 11.6 Å². The Labute approximate surface area is 86.6 Å². The number of aromatic nitrogens is 4. The summed E-state index contributed by atoms with van der Waals surface area (Å²) in [5.74, 6) is 0.911. The van der Waals surface area contributed by atoms with Crippen LogP contribution in [0.1, 0.15) is 11.4 Å². The van der Waals surface area contributed by atoms with Gasteiger partial charge >= 0.3 is 0 Å². The van der Waals surface area contributed by atoms with E-state index in [-0.39, 0.29) is 0 Å². The van der Waals surface area contributed by atoms with Gasteiger partial charge in [-0.15, -0.1) is 0 Å². The van der Waals surface area contributed by atoms with Crippen LogP contribution in [0, 0.1) is 0 Å². The van der Waals surface area contributed by atoms with Gasteiger partial charge < -0.3 is 0 Å². The Bertz CT molecular complexity index is 421. The molecule has 0 N–H and O–H groups in total. The molecular weight excluding hydrogens is 200 g/mol. The maximum Gasteiger partial charge on any atom is 0.138 e. The quantitative estimate of drug-likeness (QED) is 0.702. The number of hydrogen-bond donors (Lipinski definition) is 0. The first-order valence-corrected chi connectivity index (χ1v) is 4.57. The molecule has 0 fully saturated rings. The molecule has 0 radical (unpaired) electrons. The standard InChI is InChI=1S/C9H9ClN4/c1-14-9(12-6-13-14)4-7-2-3-8(10)11-5-7/h2-3,5-6H,4H2,1H3. The topological polar surface area (TPSA) is 43.6 Å². The highest BCUT2D eigenvalue weighted by Crippen LogP contribution is 2.08. The lowest BCUT2D eigenvalue weighted by Gasteiger charge is -1.99. The molecule has 0 spiro atoms. The minimum Gasteiger partial charge on any atom is -0.253 e. The lowest BCUT2D eigenvalue weighted by atomic mass is 10.2. The molecule has 4 nitrogen and oxygen atoms in total. The van der Waals surface area contributed by atoms with Gasteiger partial charge in [-0.1, -0.05) is 17.7 Å². The molecule has 5 heteroatoms. The molecular formula is C9H9ClN4. The second kappa shape index (κ2) is 3.75. The van der Waals surface area contributed by atoms with Crippen molar-refractivity contribution in [1.29, 1.82) is 0 Å². The van der Waals surface area contributed by atoms with Crippen molar-refractivity contribution in [2.24, 2.45) is 7.05 Å². The molecule has 0 aromatic carbocycles. The predicted molar refractivity (Wildman–Crippen MR) is 53.1 cm³/mol. The molecule has 2 rings (SSSR count). The number of hydrogen-bond acceptors (Lipinski definition) is 3. The van der Waals surface area contributed by atoms with Gasteiger partial charge in [0.1, 0.15) is 17.3 Å². The Hall–Kier alpha value is -1.42. The average molecular weight is 209 g/mol. The van der Waals surface area contributed by atoms with Crippen LogP contribution in [0.15, 0.2) is 24.7 Å². The Morgan fingerprint density at radius 3 is 2.79 bits per heavy atom. The van der Waals surface area contributed by atoms with Crippen LogP contribution in [0.4, 0.5) is 0 Å². The summed E-state index contributed by atoms with van der Waals surface area (Å²) in [7, 11) is 1.87. The smallest absolute Gasteiger partial charge is 0.138 e. The van der Waals surface area contributed by atoms with E-state index in [4.69, 9.17) is 11.6 Å². The minimum absolute atomic E-state index is 0.506. The van der Waals surface area contributed by atoms with Gasteiger partial charge in [0.15, 0.2) is 0 Å². The molecule has 0 aliphatic rings. The van der Waals surface area contributed by atoms with E-state index in [1.165, 1.54) is 0 Å². The van der Waals surface area contributed by atoms with Crippen LogP contribution >= 0.6 is 11.6 Å². The van der Waals surface area contributed by atoms with Crippen LogP contribution in [0.3, 0.4) is 0 Å². The number of aryl methyl sites for hydroxylation is 1. The molecule has 0 aliphatic heterocycles. The molecule has 0 aliphatic carbocycles. The third-order valence-electron chi connectivity index (χ3n) is 1.96. The third-order valence-corrected chi connectivity index (χ3v) is 2.18. The van der Waals surface area contributed by atoms with Gasteiger partial charge in [0.05, 0.1) is 0 Å². The van der Waals surface area contributed by atoms with Crippen molar-refractivity contribution >= 4 is 11.6 Å². The lowest BCUT2D eigenvalue weighted by Crippen LogP contribution is -2.00. The third kappa shape index (κ3) is 1.90. The second-order valence-electron chi connectivity index (χ2n) is 2.97. The summed E-state index contributed by atoms with van der Waals surface area (Å²) in [5, 5.41) is 4.50. The molecule has 0 atom stereocenters. The maximum atomic E-state index is 5.68. The zero-order valence-electron chi connectivity index (χ0n) is 7.68. The number of halogens is 1. The van der Waals surface area contributed by atoms with Gasteiger partial charge in [0, 0.05) is 19.7 Å². The highest BCUT2D eigenvalue weighted by molar-refractivity contribution is 6.29. The van der Waals surface area contributed by atoms with Crippen molar-refractivity contribution in [3.63, 3.8) is 0 Å². The summed E-state index contributed by atoms with van der Waals surface area (Å²) in [6.07, 6.45) is 4.01. The van der Waals surface area contributed by atoms with E-state index in [9.17, 15) is 0 Å². The molecule has 2 heterocycles. The van der Waals surface area contributed by atoms with Crippen molar-refractivity contribution in [2.45, 2.75) is 6.42 Å². The van der Waals surface area contributed by atoms with Crippen LogP contribution in [0.2, 0.25) is 5.15 Å². The van der Waals surface area contributed by atoms with E-state index >= 15 is 0 Å². The van der Waals surface area contributed by atoms with Gasteiger partial charge in [-0.2, -0.15) is 5.10 Å². The number of rotatable bonds is 2. The van der Waals surface area contributed by atoms with Crippen LogP contribution < -0.4 is 0 Å². The lowest BCUT2D eigenvalue weighted by molar-refractivity contribution is 0.716. The maximum absolute atomic E-state index is 5.68. The summed E-state index contributed by atoms with van der Waals surface area (Å²) in [4.78, 5) is 8.12. The van der Waals surface area contributed by atoms with Crippen LogP contribution in [-0.4, -0.2) is 19.7 Å². The van der Waals surface area contributed by atoms with E-state index in [2.05, 4.69) is 15.1 Å². The molecule has 0 unspecified atom stereocenters. The fourth-order valence-corrected chi connectivity index (χ4v) is 1.29. The zero-order chi connectivity index (χ0) is 9.97. The van der Waals surface area contributed by atoms with Crippen molar-refractivity contribution in [2.75, 3.05) is 0 Å². The van der Waals surface area contributed by atoms with Crippen LogP contribution in [0.5, 0.6) is 0 Å². The van der Waals surface area contributed by atoms with Gasteiger partial charge in [0.25, 0.3) is 0 Å². The molecule has 72 valence electrons. The van der Waals surface area contributed by atoms with Gasteiger partial charge in [-0.25, -0.2) is 9.97 Å². The van der Waals surface area contributed by atoms with Gasteiger partial charge in [-0.3, -0.25) is 4.68 Å². The normalized spacial score (nSPS) is 10.4. The largest absolute Gasteiger partial charge is 0.253 e. The van der Waals surface area contributed by atoms with Crippen molar-refractivity contribution in [1.82, 2.24) is 19.7 Å². The Kier molecular flexibility index (Phi) is 2.45. The highest BCUT2D eigenvalue weighted by atomic mass is 35.5. The minimum atomic E-state index is 0.506. The van der Waals surface area contributed by atoms with Crippen molar-refractivity contribution in [3.05, 3.63) is 41.2 Å². The summed E-state index contributed by atoms with van der Waals surface area (Å²) < 4.78 is 1.74. The number of pyridine rings is 1. The average Bonchev–Trinajstić information content (AvgIpc) is 2.56. The summed E-state index contributed by atoms with van der Waals surface area (Å²) in [6, 6.07) is 3.71. The first kappa shape index (κ1) is 9.15. The first-order chi connectivity index (χ1) is 6.75. The molecule has 0 amide bonds. The Balaban J connectivity index is 2.19. The Morgan fingerprint density at radius 2 is 2.21 bits per heavy atom. The Morgan fingerprint density at radius 1 is 1.36 bits per heavy atom. The summed E-state index contributed by atoms with van der Waals surface area (Å²) in [5.41, 5.74) is 1.07. The highest BCUT2D eigenvalue weighted by Gasteiger charge is 2.02. The monoisotopic (exact) mass is 208 g/mol. The van der Waals surface area contributed by atoms with Gasteiger partial charge in [0.2, 0.25) is 0 Å².